The number of ether oxygens (including phenoxy) is 1. The maximum Gasteiger partial charge on any atom is 0.249 e. The Bertz CT molecular complexity index is 647. The van der Waals surface area contributed by atoms with E-state index in [2.05, 4.69) is 44.8 Å². The minimum absolute atomic E-state index is 0.508. The van der Waals surface area contributed by atoms with Crippen molar-refractivity contribution < 1.29 is 4.74 Å². The van der Waals surface area contributed by atoms with Crippen LogP contribution >= 0.6 is 11.7 Å². The average Bonchev–Trinajstić information content (AvgIpc) is 3.10. The van der Waals surface area contributed by atoms with E-state index in [0.29, 0.717) is 12.5 Å². The molecule has 0 radical (unpaired) electrons. The predicted molar refractivity (Wildman–Crippen MR) is 92.0 cm³/mol. The molecule has 0 spiro atoms. The second-order valence-electron chi connectivity index (χ2n) is 6.66. The lowest BCUT2D eigenvalue weighted by molar-refractivity contribution is 0.0839. The fraction of sp³-hybridized carbons (Fsp3) is 0.556. The van der Waals surface area contributed by atoms with E-state index in [9.17, 15) is 0 Å². The minimum atomic E-state index is 0.508. The molecule has 5 rings (SSSR count). The number of benzene rings is 1. The van der Waals surface area contributed by atoms with Crippen molar-refractivity contribution in [2.24, 2.45) is 5.92 Å². The van der Waals surface area contributed by atoms with E-state index in [1.165, 1.54) is 48.8 Å². The number of rotatable bonds is 5. The summed E-state index contributed by atoms with van der Waals surface area (Å²) in [4.78, 5) is 2.55. The van der Waals surface area contributed by atoms with Crippen molar-refractivity contribution in [2.75, 3.05) is 19.6 Å². The number of hydrogen-bond donors (Lipinski definition) is 0. The number of aryl methyl sites for hydroxylation is 1. The summed E-state index contributed by atoms with van der Waals surface area (Å²) in [6.45, 7) is 6.37. The third-order valence-corrected chi connectivity index (χ3v) is 5.82. The maximum absolute atomic E-state index is 6.02. The molecular formula is C18H23N3OS. The molecule has 122 valence electrons. The van der Waals surface area contributed by atoms with Crippen molar-refractivity contribution in [3.8, 4) is 5.88 Å². The highest BCUT2D eigenvalue weighted by molar-refractivity contribution is 6.99. The van der Waals surface area contributed by atoms with Crippen LogP contribution in [-0.2, 0) is 13.0 Å². The summed E-state index contributed by atoms with van der Waals surface area (Å²) >= 11 is 1.28. The van der Waals surface area contributed by atoms with Gasteiger partial charge in [0.05, 0.1) is 11.7 Å². The van der Waals surface area contributed by atoms with Gasteiger partial charge >= 0.3 is 0 Å². The van der Waals surface area contributed by atoms with Crippen LogP contribution in [0.2, 0.25) is 0 Å². The van der Waals surface area contributed by atoms with Gasteiger partial charge in [0.25, 0.3) is 0 Å². The zero-order valence-electron chi connectivity index (χ0n) is 13.6. The molecule has 2 aromatic rings. The normalized spacial score (nSPS) is 26.4. The van der Waals surface area contributed by atoms with Gasteiger partial charge in [-0.1, -0.05) is 31.2 Å². The SMILES string of the molecule is CCc1ccc(COc2nsnc2C2CN3CCC2CC3)cc1. The highest BCUT2D eigenvalue weighted by atomic mass is 32.1. The summed E-state index contributed by atoms with van der Waals surface area (Å²) in [6.07, 6.45) is 3.65. The third-order valence-electron chi connectivity index (χ3n) is 5.30. The Morgan fingerprint density at radius 2 is 1.87 bits per heavy atom. The van der Waals surface area contributed by atoms with E-state index in [0.717, 1.165) is 30.5 Å². The minimum Gasteiger partial charge on any atom is -0.471 e. The molecule has 3 saturated heterocycles. The van der Waals surface area contributed by atoms with Gasteiger partial charge in [0.2, 0.25) is 5.88 Å². The second kappa shape index (κ2) is 6.57. The molecule has 5 heteroatoms. The van der Waals surface area contributed by atoms with Gasteiger partial charge in [0, 0.05) is 12.5 Å². The Hall–Kier alpha value is -1.46. The molecule has 0 aliphatic carbocycles. The first-order valence-corrected chi connectivity index (χ1v) is 9.32. The van der Waals surface area contributed by atoms with Gasteiger partial charge in [-0.05, 0) is 49.4 Å². The van der Waals surface area contributed by atoms with Crippen molar-refractivity contribution in [1.29, 1.82) is 0 Å². The highest BCUT2D eigenvalue weighted by Gasteiger charge is 2.38. The molecule has 1 aromatic carbocycles. The summed E-state index contributed by atoms with van der Waals surface area (Å²) in [5.74, 6) is 2.03. The Morgan fingerprint density at radius 3 is 2.52 bits per heavy atom. The van der Waals surface area contributed by atoms with E-state index in [1.807, 2.05) is 0 Å². The molecule has 3 aliphatic heterocycles. The molecule has 0 amide bonds. The molecule has 1 aromatic heterocycles. The van der Waals surface area contributed by atoms with Gasteiger partial charge in [-0.15, -0.1) is 4.37 Å². The standard InChI is InChI=1S/C18H23N3OS/c1-2-13-3-5-14(6-4-13)12-22-18-17(19-23-20-18)16-11-21-9-7-15(16)8-10-21/h3-6,15-16H,2,7-12H2,1H3. The molecular weight excluding hydrogens is 306 g/mol. The monoisotopic (exact) mass is 329 g/mol. The fourth-order valence-corrected chi connectivity index (χ4v) is 4.37. The first-order chi connectivity index (χ1) is 11.3. The van der Waals surface area contributed by atoms with E-state index >= 15 is 0 Å². The van der Waals surface area contributed by atoms with Crippen LogP contribution in [0.25, 0.3) is 0 Å². The molecule has 2 bridgehead atoms. The molecule has 23 heavy (non-hydrogen) atoms. The van der Waals surface area contributed by atoms with Crippen molar-refractivity contribution in [3.63, 3.8) is 0 Å². The lowest BCUT2D eigenvalue weighted by Gasteiger charge is -2.44. The third kappa shape index (κ3) is 3.12. The summed E-state index contributed by atoms with van der Waals surface area (Å²) in [5.41, 5.74) is 3.64. The lowest BCUT2D eigenvalue weighted by Crippen LogP contribution is -2.46. The van der Waals surface area contributed by atoms with Gasteiger partial charge in [-0.3, -0.25) is 0 Å². The topological polar surface area (TPSA) is 38.3 Å². The number of nitrogens with zero attached hydrogens (tertiary/aromatic N) is 3. The quantitative estimate of drug-likeness (QED) is 0.842. The van der Waals surface area contributed by atoms with Gasteiger partial charge in [-0.25, -0.2) is 0 Å². The maximum atomic E-state index is 6.02. The van der Waals surface area contributed by atoms with Crippen LogP contribution < -0.4 is 4.74 Å². The van der Waals surface area contributed by atoms with Crippen molar-refractivity contribution in [2.45, 2.75) is 38.7 Å². The van der Waals surface area contributed by atoms with Crippen LogP contribution in [0.4, 0.5) is 0 Å². The Labute approximate surface area is 141 Å². The zero-order chi connectivity index (χ0) is 15.6. The van der Waals surface area contributed by atoms with Crippen molar-refractivity contribution in [1.82, 2.24) is 13.6 Å². The van der Waals surface area contributed by atoms with Crippen LogP contribution in [0, 0.1) is 5.92 Å². The summed E-state index contributed by atoms with van der Waals surface area (Å²) in [5, 5.41) is 0. The van der Waals surface area contributed by atoms with Gasteiger partial charge in [-0.2, -0.15) is 4.37 Å². The molecule has 3 fully saturated rings. The number of aromatic nitrogens is 2. The molecule has 4 nitrogen and oxygen atoms in total. The van der Waals surface area contributed by atoms with Gasteiger partial charge in [0.15, 0.2) is 0 Å². The highest BCUT2D eigenvalue weighted by Crippen LogP contribution is 2.41. The fourth-order valence-electron chi connectivity index (χ4n) is 3.81. The van der Waals surface area contributed by atoms with Crippen LogP contribution in [-0.4, -0.2) is 33.3 Å². The average molecular weight is 329 g/mol. The van der Waals surface area contributed by atoms with E-state index < -0.39 is 0 Å². The Morgan fingerprint density at radius 1 is 1.13 bits per heavy atom. The first-order valence-electron chi connectivity index (χ1n) is 8.59. The summed E-state index contributed by atoms with van der Waals surface area (Å²) in [6, 6.07) is 8.64. The van der Waals surface area contributed by atoms with Crippen LogP contribution in [0.3, 0.4) is 0 Å². The first kappa shape index (κ1) is 15.1. The molecule has 4 heterocycles. The molecule has 1 unspecified atom stereocenters. The molecule has 1 atom stereocenters. The number of piperidine rings is 3. The second-order valence-corrected chi connectivity index (χ2v) is 7.19. The van der Waals surface area contributed by atoms with E-state index in [-0.39, 0.29) is 0 Å². The molecule has 0 saturated carbocycles. The largest absolute Gasteiger partial charge is 0.471 e. The van der Waals surface area contributed by atoms with Gasteiger partial charge < -0.3 is 9.64 Å². The van der Waals surface area contributed by atoms with Crippen molar-refractivity contribution in [3.05, 3.63) is 41.1 Å². The van der Waals surface area contributed by atoms with Crippen LogP contribution in [0.15, 0.2) is 24.3 Å². The lowest BCUT2D eigenvalue weighted by atomic mass is 9.77. The Kier molecular flexibility index (Phi) is 4.31. The summed E-state index contributed by atoms with van der Waals surface area (Å²) in [7, 11) is 0. The van der Waals surface area contributed by atoms with Gasteiger partial charge in [0.1, 0.15) is 12.3 Å². The predicted octanol–water partition coefficient (Wildman–Crippen LogP) is 3.49. The zero-order valence-corrected chi connectivity index (χ0v) is 14.4. The summed E-state index contributed by atoms with van der Waals surface area (Å²) < 4.78 is 15.0. The van der Waals surface area contributed by atoms with E-state index in [4.69, 9.17) is 4.74 Å². The Balaban J connectivity index is 1.45. The van der Waals surface area contributed by atoms with E-state index in [1.54, 1.807) is 0 Å². The van der Waals surface area contributed by atoms with Crippen LogP contribution in [0.1, 0.15) is 42.5 Å². The van der Waals surface area contributed by atoms with Crippen molar-refractivity contribution >= 4 is 11.7 Å². The number of fused-ring (bicyclic) bond motifs is 3. The van der Waals surface area contributed by atoms with Crippen LogP contribution in [0.5, 0.6) is 5.88 Å². The molecule has 3 aliphatic rings. The molecule has 0 N–H and O–H groups in total. The smallest absolute Gasteiger partial charge is 0.249 e. The number of hydrogen-bond acceptors (Lipinski definition) is 5.